The molecule has 5 nitrogen and oxygen atoms in total. The van der Waals surface area contributed by atoms with Gasteiger partial charge in [0.25, 0.3) is 0 Å². The van der Waals surface area contributed by atoms with Crippen LogP contribution in [-0.2, 0) is 18.0 Å². The summed E-state index contributed by atoms with van der Waals surface area (Å²) in [5.74, 6) is 0.977. The SMILES string of the molecule is Cc1cc(OCc2cc(Cl)cc3c2OCOC3)cc2c1C(=O)/C(=C/c1ccccc1F)O2. The van der Waals surface area contributed by atoms with Crippen LogP contribution in [0.15, 0.2) is 54.3 Å². The van der Waals surface area contributed by atoms with Crippen LogP contribution in [0.3, 0.4) is 0 Å². The van der Waals surface area contributed by atoms with Crippen molar-refractivity contribution in [2.24, 2.45) is 0 Å². The average Bonchev–Trinajstić information content (AvgIpc) is 3.09. The summed E-state index contributed by atoms with van der Waals surface area (Å²) >= 11 is 6.22. The van der Waals surface area contributed by atoms with Gasteiger partial charge in [-0.25, -0.2) is 4.39 Å². The van der Waals surface area contributed by atoms with Crippen LogP contribution < -0.4 is 14.2 Å². The summed E-state index contributed by atoms with van der Waals surface area (Å²) in [6.45, 7) is 2.62. The van der Waals surface area contributed by atoms with Crippen LogP contribution in [0, 0.1) is 12.7 Å². The smallest absolute Gasteiger partial charge is 0.232 e. The van der Waals surface area contributed by atoms with Gasteiger partial charge in [0.05, 0.1) is 12.2 Å². The van der Waals surface area contributed by atoms with Crippen LogP contribution >= 0.6 is 11.6 Å². The molecule has 0 aromatic heterocycles. The van der Waals surface area contributed by atoms with Crippen molar-refractivity contribution in [3.8, 4) is 17.2 Å². The van der Waals surface area contributed by atoms with E-state index in [1.165, 1.54) is 12.1 Å². The average molecular weight is 453 g/mol. The molecule has 0 bridgehead atoms. The number of halogens is 2. The van der Waals surface area contributed by atoms with Gasteiger partial charge in [0.2, 0.25) is 5.78 Å². The third-order valence-electron chi connectivity index (χ3n) is 5.28. The Morgan fingerprint density at radius 3 is 2.88 bits per heavy atom. The summed E-state index contributed by atoms with van der Waals surface area (Å²) in [6, 6.07) is 13.2. The van der Waals surface area contributed by atoms with Gasteiger partial charge in [-0.05, 0) is 42.8 Å². The highest BCUT2D eigenvalue weighted by Gasteiger charge is 2.30. The molecule has 0 fully saturated rings. The molecule has 0 amide bonds. The van der Waals surface area contributed by atoms with Gasteiger partial charge in [0.1, 0.15) is 29.7 Å². The molecule has 5 rings (SSSR count). The lowest BCUT2D eigenvalue weighted by Crippen LogP contribution is -2.14. The molecule has 2 aliphatic heterocycles. The van der Waals surface area contributed by atoms with Crippen LogP contribution in [0.25, 0.3) is 6.08 Å². The molecule has 0 atom stereocenters. The van der Waals surface area contributed by atoms with Gasteiger partial charge in [0.15, 0.2) is 12.6 Å². The van der Waals surface area contributed by atoms with Crippen LogP contribution in [0.2, 0.25) is 5.02 Å². The highest BCUT2D eigenvalue weighted by molar-refractivity contribution is 6.30. The van der Waals surface area contributed by atoms with Crippen molar-refractivity contribution in [1.82, 2.24) is 0 Å². The first-order chi connectivity index (χ1) is 15.5. The lowest BCUT2D eigenvalue weighted by molar-refractivity contribution is -0.0175. The van der Waals surface area contributed by atoms with E-state index >= 15 is 0 Å². The molecule has 0 aliphatic carbocycles. The van der Waals surface area contributed by atoms with E-state index in [2.05, 4.69) is 0 Å². The summed E-state index contributed by atoms with van der Waals surface area (Å²) in [4.78, 5) is 12.8. The summed E-state index contributed by atoms with van der Waals surface area (Å²) in [5, 5.41) is 0.568. The zero-order chi connectivity index (χ0) is 22.2. The second-order valence-electron chi connectivity index (χ2n) is 7.53. The molecular formula is C25H18ClFO5. The van der Waals surface area contributed by atoms with Crippen molar-refractivity contribution in [3.63, 3.8) is 0 Å². The Bertz CT molecular complexity index is 1270. The molecule has 3 aromatic carbocycles. The van der Waals surface area contributed by atoms with Crippen LogP contribution in [0.4, 0.5) is 4.39 Å². The molecule has 2 heterocycles. The number of ketones is 1. The molecule has 0 radical (unpaired) electrons. The van der Waals surface area contributed by atoms with E-state index in [0.717, 1.165) is 11.1 Å². The minimum Gasteiger partial charge on any atom is -0.489 e. The van der Waals surface area contributed by atoms with Gasteiger partial charge in [-0.3, -0.25) is 4.79 Å². The van der Waals surface area contributed by atoms with Crippen LogP contribution in [-0.4, -0.2) is 12.6 Å². The van der Waals surface area contributed by atoms with E-state index in [1.807, 2.05) is 6.07 Å². The van der Waals surface area contributed by atoms with Crippen molar-refractivity contribution in [1.29, 1.82) is 0 Å². The minimum absolute atomic E-state index is 0.0719. The number of Topliss-reactive ketones (excluding diaryl/α,β-unsaturated/α-hetero) is 1. The van der Waals surface area contributed by atoms with E-state index < -0.39 is 5.82 Å². The molecule has 7 heteroatoms. The summed E-state index contributed by atoms with van der Waals surface area (Å²) in [6.07, 6.45) is 1.41. The second-order valence-corrected chi connectivity index (χ2v) is 7.96. The van der Waals surface area contributed by atoms with E-state index in [0.29, 0.717) is 40.0 Å². The van der Waals surface area contributed by atoms with Crippen molar-refractivity contribution in [3.05, 3.63) is 92.9 Å². The fourth-order valence-corrected chi connectivity index (χ4v) is 4.08. The third-order valence-corrected chi connectivity index (χ3v) is 5.50. The number of benzene rings is 3. The van der Waals surface area contributed by atoms with Crippen molar-refractivity contribution in [2.75, 3.05) is 6.79 Å². The van der Waals surface area contributed by atoms with Crippen LogP contribution in [0.1, 0.15) is 32.6 Å². The highest BCUT2D eigenvalue weighted by Crippen LogP contribution is 2.38. The Morgan fingerprint density at radius 1 is 1.19 bits per heavy atom. The molecule has 0 saturated heterocycles. The molecule has 3 aromatic rings. The predicted octanol–water partition coefficient (Wildman–Crippen LogP) is 5.85. The number of carbonyl (C=O) groups excluding carboxylic acids is 1. The number of allylic oxidation sites excluding steroid dienone is 1. The molecule has 162 valence electrons. The minimum atomic E-state index is -0.425. The van der Waals surface area contributed by atoms with Gasteiger partial charge in [0, 0.05) is 27.8 Å². The topological polar surface area (TPSA) is 54.0 Å². The van der Waals surface area contributed by atoms with Gasteiger partial charge < -0.3 is 18.9 Å². The second kappa shape index (κ2) is 8.30. The Kier molecular flexibility index (Phi) is 5.33. The van der Waals surface area contributed by atoms with Crippen LogP contribution in [0.5, 0.6) is 17.2 Å². The van der Waals surface area contributed by atoms with E-state index in [1.54, 1.807) is 43.3 Å². The number of carbonyl (C=O) groups is 1. The number of hydrogen-bond acceptors (Lipinski definition) is 5. The Hall–Kier alpha value is -3.35. The summed E-state index contributed by atoms with van der Waals surface area (Å²) < 4.78 is 36.7. The lowest BCUT2D eigenvalue weighted by atomic mass is 10.0. The van der Waals surface area contributed by atoms with Crippen molar-refractivity contribution < 1.29 is 28.1 Å². The highest BCUT2D eigenvalue weighted by atomic mass is 35.5. The normalized spacial score (nSPS) is 15.7. The zero-order valence-electron chi connectivity index (χ0n) is 17.1. The van der Waals surface area contributed by atoms with Gasteiger partial charge in [-0.2, -0.15) is 0 Å². The third kappa shape index (κ3) is 3.83. The summed E-state index contributed by atoms with van der Waals surface area (Å²) in [7, 11) is 0. The fourth-order valence-electron chi connectivity index (χ4n) is 3.82. The number of ether oxygens (including phenoxy) is 4. The van der Waals surface area contributed by atoms with E-state index in [4.69, 9.17) is 30.5 Å². The maximum absolute atomic E-state index is 14.0. The monoisotopic (exact) mass is 452 g/mol. The standard InChI is InChI=1S/C25H18ClFO5/c1-14-6-19(30-12-17-8-18(26)7-16-11-29-13-31-25(16)17)10-21-23(14)24(28)22(32-21)9-15-4-2-3-5-20(15)27/h2-10H,11-13H2,1H3/b22-9-. The molecule has 2 aliphatic rings. The van der Waals surface area contributed by atoms with E-state index in [-0.39, 0.29) is 30.5 Å². The maximum Gasteiger partial charge on any atom is 0.232 e. The largest absolute Gasteiger partial charge is 0.489 e. The number of rotatable bonds is 4. The van der Waals surface area contributed by atoms with Gasteiger partial charge in [-0.1, -0.05) is 29.8 Å². The van der Waals surface area contributed by atoms with E-state index in [9.17, 15) is 9.18 Å². The predicted molar refractivity (Wildman–Crippen MR) is 117 cm³/mol. The molecule has 0 N–H and O–H groups in total. The first kappa shape index (κ1) is 20.5. The Balaban J connectivity index is 1.40. The number of aryl methyl sites for hydroxylation is 1. The number of hydrogen-bond donors (Lipinski definition) is 0. The van der Waals surface area contributed by atoms with Gasteiger partial charge in [-0.15, -0.1) is 0 Å². The molecule has 32 heavy (non-hydrogen) atoms. The zero-order valence-corrected chi connectivity index (χ0v) is 17.9. The first-order valence-corrected chi connectivity index (χ1v) is 10.4. The van der Waals surface area contributed by atoms with Crippen molar-refractivity contribution in [2.45, 2.75) is 20.1 Å². The first-order valence-electron chi connectivity index (χ1n) is 9.97. The molecule has 0 spiro atoms. The summed E-state index contributed by atoms with van der Waals surface area (Å²) in [5.41, 5.74) is 3.10. The quantitative estimate of drug-likeness (QED) is 0.465. The molecule has 0 saturated carbocycles. The Morgan fingerprint density at radius 2 is 2.03 bits per heavy atom. The van der Waals surface area contributed by atoms with Crippen molar-refractivity contribution >= 4 is 23.5 Å². The van der Waals surface area contributed by atoms with Gasteiger partial charge >= 0.3 is 0 Å². The maximum atomic E-state index is 14.0. The molecular weight excluding hydrogens is 435 g/mol. The number of fused-ring (bicyclic) bond motifs is 2. The fraction of sp³-hybridized carbons (Fsp3) is 0.160. The lowest BCUT2D eigenvalue weighted by Gasteiger charge is -2.21. The Labute approximate surface area is 188 Å². The molecule has 0 unspecified atom stereocenters.